The molecule has 0 aromatic heterocycles. The Morgan fingerprint density at radius 2 is 1.14 bits per heavy atom. The molecule has 288 valence electrons. The van der Waals surface area contributed by atoms with Crippen LogP contribution >= 0.6 is 7.60 Å². The molecule has 4 amide bonds. The van der Waals surface area contributed by atoms with Crippen molar-refractivity contribution in [3.63, 3.8) is 0 Å². The molecule has 0 saturated carbocycles. The first-order valence-corrected chi connectivity index (χ1v) is 18.5. The first-order chi connectivity index (χ1) is 23.1. The smallest absolute Gasteiger partial charge is 0.332 e. The highest BCUT2D eigenvalue weighted by Crippen LogP contribution is 2.54. The number of carbonyl (C=O) groups excluding carboxylic acids is 5. The van der Waals surface area contributed by atoms with Crippen molar-refractivity contribution < 1.29 is 61.3 Å². The van der Waals surface area contributed by atoms with Crippen LogP contribution in [0, 0.1) is 0 Å². The number of hydrogen-bond acceptors (Lipinski definition) is 13. The summed E-state index contributed by atoms with van der Waals surface area (Å²) < 4.78 is 51.7. The van der Waals surface area contributed by atoms with Crippen molar-refractivity contribution in [3.8, 4) is 0 Å². The lowest BCUT2D eigenvalue weighted by Gasteiger charge is -2.32. The van der Waals surface area contributed by atoms with E-state index in [2.05, 4.69) is 10.6 Å². The van der Waals surface area contributed by atoms with Gasteiger partial charge in [-0.25, -0.2) is 0 Å². The summed E-state index contributed by atoms with van der Waals surface area (Å²) in [7, 11) is -3.68. The van der Waals surface area contributed by atoms with Gasteiger partial charge >= 0.3 is 13.6 Å². The Morgan fingerprint density at radius 3 is 1.60 bits per heavy atom. The van der Waals surface area contributed by atoms with Gasteiger partial charge in [-0.1, -0.05) is 0 Å². The summed E-state index contributed by atoms with van der Waals surface area (Å²) in [6, 6.07) is -1.32. The van der Waals surface area contributed by atoms with Crippen LogP contribution in [0.25, 0.3) is 0 Å². The van der Waals surface area contributed by atoms with Gasteiger partial charge in [-0.3, -0.25) is 33.4 Å². The zero-order valence-electron chi connectivity index (χ0n) is 31.1. The molecule has 0 spiro atoms. The second kappa shape index (κ2) is 21.6. The second-order valence-electron chi connectivity index (χ2n) is 14.3. The number of rotatable bonds is 24. The Kier molecular flexibility index (Phi) is 19.6. The van der Waals surface area contributed by atoms with Gasteiger partial charge < -0.3 is 43.4 Å². The predicted molar refractivity (Wildman–Crippen MR) is 183 cm³/mol. The molecule has 17 heteroatoms. The molecule has 1 heterocycles. The average Bonchev–Trinajstić information content (AvgIpc) is 3.28. The zero-order valence-corrected chi connectivity index (χ0v) is 32.0. The van der Waals surface area contributed by atoms with E-state index in [1.807, 2.05) is 0 Å². The number of esters is 1. The summed E-state index contributed by atoms with van der Waals surface area (Å²) in [6.07, 6.45) is 1.81. The third-order valence-corrected chi connectivity index (χ3v) is 8.34. The second-order valence-corrected chi connectivity index (χ2v) is 16.3. The Morgan fingerprint density at radius 1 is 0.680 bits per heavy atom. The SMILES string of the molecule is CC(C)(C)OC(=O)CCOCCOCCOCCOCCNC(=O)[C@H](CNC(=O)CCP(=O)(OC(C)(C)C)OC(C)(C)C)N1C(=O)C=CC1=O. The number of nitrogens with one attached hydrogen (secondary N) is 2. The number of amides is 4. The van der Waals surface area contributed by atoms with E-state index in [0.29, 0.717) is 26.4 Å². The molecule has 0 aromatic carbocycles. The van der Waals surface area contributed by atoms with Gasteiger partial charge in [0.2, 0.25) is 11.8 Å². The van der Waals surface area contributed by atoms with E-state index in [4.69, 9.17) is 32.7 Å². The lowest BCUT2D eigenvalue weighted by atomic mass is 10.2. The average molecular weight is 736 g/mol. The fourth-order valence-corrected chi connectivity index (χ4v) is 6.54. The van der Waals surface area contributed by atoms with E-state index < -0.39 is 54.1 Å². The molecular formula is C33H58N3O13P. The van der Waals surface area contributed by atoms with Crippen LogP contribution in [0.1, 0.15) is 75.2 Å². The van der Waals surface area contributed by atoms with E-state index >= 15 is 0 Å². The standard InChI is InChI=1S/C33H58N3O13P/c1-31(2,3)47-29(40)12-15-43-17-19-45-21-22-46-20-18-44-16-14-34-30(41)25(36-27(38)10-11-28(36)39)24-35-26(37)13-23-50(42,48-32(4,5)6)49-33(7,8)9/h10-11,25H,12-24H2,1-9H3,(H,34,41)(H,35,37)/t25-/m0/s1. The molecular weight excluding hydrogens is 677 g/mol. The summed E-state index contributed by atoms with van der Waals surface area (Å²) in [4.78, 5) is 62.8. The summed E-state index contributed by atoms with van der Waals surface area (Å²) in [6.45, 7) is 17.8. The maximum Gasteiger partial charge on any atom is 0.332 e. The molecule has 16 nitrogen and oxygen atoms in total. The lowest BCUT2D eigenvalue weighted by molar-refractivity contribution is -0.156. The van der Waals surface area contributed by atoms with Gasteiger partial charge in [-0.15, -0.1) is 0 Å². The Labute approximate surface area is 296 Å². The van der Waals surface area contributed by atoms with E-state index in [0.717, 1.165) is 17.1 Å². The van der Waals surface area contributed by atoms with E-state index in [1.165, 1.54) is 0 Å². The third kappa shape index (κ3) is 21.5. The predicted octanol–water partition coefficient (Wildman–Crippen LogP) is 2.52. The van der Waals surface area contributed by atoms with Crippen LogP contribution in [-0.4, -0.2) is 129 Å². The summed E-state index contributed by atoms with van der Waals surface area (Å²) in [5.41, 5.74) is -2.11. The highest BCUT2D eigenvalue weighted by Gasteiger charge is 2.38. The minimum absolute atomic E-state index is 0.0709. The first-order valence-electron chi connectivity index (χ1n) is 16.7. The number of carbonyl (C=O) groups is 5. The van der Waals surface area contributed by atoms with E-state index in [1.54, 1.807) is 62.3 Å². The van der Waals surface area contributed by atoms with Crippen LogP contribution in [-0.2, 0) is 61.3 Å². The Bertz CT molecular complexity index is 1150. The third-order valence-electron chi connectivity index (χ3n) is 5.92. The number of hydrogen-bond donors (Lipinski definition) is 2. The van der Waals surface area contributed by atoms with Crippen LogP contribution in [0.5, 0.6) is 0 Å². The highest BCUT2D eigenvalue weighted by molar-refractivity contribution is 7.54. The van der Waals surface area contributed by atoms with Crippen molar-refractivity contribution in [1.29, 1.82) is 0 Å². The fourth-order valence-electron chi connectivity index (χ4n) is 4.18. The topological polar surface area (TPSA) is 194 Å². The van der Waals surface area contributed by atoms with Crippen LogP contribution in [0.4, 0.5) is 0 Å². The van der Waals surface area contributed by atoms with Crippen LogP contribution < -0.4 is 10.6 Å². The van der Waals surface area contributed by atoms with Gasteiger partial charge in [-0.05, 0) is 62.3 Å². The lowest BCUT2D eigenvalue weighted by Crippen LogP contribution is -2.55. The molecule has 0 unspecified atom stereocenters. The van der Waals surface area contributed by atoms with Crippen LogP contribution in [0.2, 0.25) is 0 Å². The first kappa shape index (κ1) is 45.3. The van der Waals surface area contributed by atoms with E-state index in [9.17, 15) is 28.5 Å². The number of imide groups is 1. The summed E-state index contributed by atoms with van der Waals surface area (Å²) >= 11 is 0. The minimum atomic E-state index is -3.68. The molecule has 0 fully saturated rings. The molecule has 2 N–H and O–H groups in total. The highest BCUT2D eigenvalue weighted by atomic mass is 31.2. The molecule has 0 bridgehead atoms. The molecule has 50 heavy (non-hydrogen) atoms. The van der Waals surface area contributed by atoms with Gasteiger partial charge in [0.05, 0.1) is 76.6 Å². The fraction of sp³-hybridized carbons (Fsp3) is 0.788. The Balaban J connectivity index is 2.37. The quantitative estimate of drug-likeness (QED) is 0.0636. The van der Waals surface area contributed by atoms with Gasteiger partial charge in [0, 0.05) is 31.7 Å². The largest absolute Gasteiger partial charge is 0.460 e. The van der Waals surface area contributed by atoms with Crippen molar-refractivity contribution in [1.82, 2.24) is 15.5 Å². The van der Waals surface area contributed by atoms with Crippen LogP contribution in [0.15, 0.2) is 12.2 Å². The Hall–Kier alpha value is -2.72. The number of nitrogens with zero attached hydrogens (tertiary/aromatic N) is 1. The number of ether oxygens (including phenoxy) is 5. The van der Waals surface area contributed by atoms with Crippen molar-refractivity contribution >= 4 is 37.2 Å². The molecule has 1 aliphatic heterocycles. The van der Waals surface area contributed by atoms with Crippen LogP contribution in [0.3, 0.4) is 0 Å². The van der Waals surface area contributed by atoms with Gasteiger partial charge in [0.1, 0.15) is 11.6 Å². The van der Waals surface area contributed by atoms with E-state index in [-0.39, 0.29) is 64.5 Å². The molecule has 1 rings (SSSR count). The minimum Gasteiger partial charge on any atom is -0.460 e. The van der Waals surface area contributed by atoms with Gasteiger partial charge in [-0.2, -0.15) is 0 Å². The van der Waals surface area contributed by atoms with Gasteiger partial charge in [0.15, 0.2) is 0 Å². The monoisotopic (exact) mass is 735 g/mol. The van der Waals surface area contributed by atoms with Crippen molar-refractivity contribution in [2.24, 2.45) is 0 Å². The maximum atomic E-state index is 13.4. The maximum absolute atomic E-state index is 13.4. The van der Waals surface area contributed by atoms with Gasteiger partial charge in [0.25, 0.3) is 11.8 Å². The molecule has 0 aromatic rings. The summed E-state index contributed by atoms with van der Waals surface area (Å²) in [5.74, 6) is -2.92. The zero-order chi connectivity index (χ0) is 38.0. The van der Waals surface area contributed by atoms with Crippen molar-refractivity contribution in [2.75, 3.05) is 72.1 Å². The molecule has 0 radical (unpaired) electrons. The molecule has 0 aliphatic carbocycles. The normalized spacial score (nSPS) is 14.6. The van der Waals surface area contributed by atoms with Crippen molar-refractivity contribution in [3.05, 3.63) is 12.2 Å². The molecule has 1 atom stereocenters. The molecule has 0 saturated heterocycles. The van der Waals surface area contributed by atoms with Crippen molar-refractivity contribution in [2.45, 2.75) is 98.0 Å². The summed E-state index contributed by atoms with van der Waals surface area (Å²) in [5, 5.41) is 5.17. The molecule has 1 aliphatic rings.